The summed E-state index contributed by atoms with van der Waals surface area (Å²) in [4.78, 5) is 0.150. The smallest absolute Gasteiger partial charge is 0.244 e. The van der Waals surface area contributed by atoms with Crippen molar-refractivity contribution in [1.82, 2.24) is 4.72 Å². The highest BCUT2D eigenvalue weighted by molar-refractivity contribution is 7.89. The number of aryl methyl sites for hydroxylation is 2. The molecule has 0 aliphatic rings. The van der Waals surface area contributed by atoms with Gasteiger partial charge in [0.2, 0.25) is 10.0 Å². The second kappa shape index (κ2) is 5.48. The van der Waals surface area contributed by atoms with Gasteiger partial charge in [-0.2, -0.15) is 0 Å². The van der Waals surface area contributed by atoms with Crippen LogP contribution in [-0.2, 0) is 10.0 Å². The molecule has 0 radical (unpaired) electrons. The molecule has 0 unspecified atom stereocenters. The molecular weight excluding hydrogens is 240 g/mol. The number of nitrogens with two attached hydrogens (primary N) is 1. The summed E-state index contributed by atoms with van der Waals surface area (Å²) < 4.78 is 31.5. The van der Waals surface area contributed by atoms with Gasteiger partial charge in [-0.1, -0.05) is 0 Å². The minimum Gasteiger partial charge on any atom is -0.495 e. The van der Waals surface area contributed by atoms with E-state index in [9.17, 15) is 8.42 Å². The van der Waals surface area contributed by atoms with Gasteiger partial charge in [0.25, 0.3) is 0 Å². The van der Waals surface area contributed by atoms with Gasteiger partial charge < -0.3 is 10.5 Å². The molecule has 0 heterocycles. The SMILES string of the molecule is COc1cc(C)c(C)cc1S(=O)(=O)NCCN. The van der Waals surface area contributed by atoms with E-state index in [1.165, 1.54) is 7.11 Å². The fraction of sp³-hybridized carbons (Fsp3) is 0.455. The van der Waals surface area contributed by atoms with Crippen molar-refractivity contribution in [2.24, 2.45) is 5.73 Å². The molecule has 0 saturated heterocycles. The normalized spacial score (nSPS) is 11.5. The highest BCUT2D eigenvalue weighted by atomic mass is 32.2. The number of nitrogens with one attached hydrogen (secondary N) is 1. The highest BCUT2D eigenvalue weighted by Gasteiger charge is 2.19. The molecule has 1 rings (SSSR count). The van der Waals surface area contributed by atoms with E-state index in [1.54, 1.807) is 12.1 Å². The summed E-state index contributed by atoms with van der Waals surface area (Å²) >= 11 is 0. The molecule has 0 aromatic heterocycles. The van der Waals surface area contributed by atoms with Crippen LogP contribution in [0, 0.1) is 13.8 Å². The Hall–Kier alpha value is -1.11. The molecule has 0 aliphatic heterocycles. The number of hydrogen-bond donors (Lipinski definition) is 2. The molecular formula is C11H18N2O3S. The first-order chi connectivity index (χ1) is 7.92. The van der Waals surface area contributed by atoms with Gasteiger partial charge in [0.15, 0.2) is 0 Å². The van der Waals surface area contributed by atoms with E-state index in [-0.39, 0.29) is 18.0 Å². The minimum absolute atomic E-state index is 0.150. The van der Waals surface area contributed by atoms with Gasteiger partial charge in [0.05, 0.1) is 7.11 Å². The van der Waals surface area contributed by atoms with E-state index in [1.807, 2.05) is 13.8 Å². The van der Waals surface area contributed by atoms with Crippen molar-refractivity contribution in [3.05, 3.63) is 23.3 Å². The van der Waals surface area contributed by atoms with Crippen molar-refractivity contribution in [3.8, 4) is 5.75 Å². The number of ether oxygens (including phenoxy) is 1. The lowest BCUT2D eigenvalue weighted by Gasteiger charge is -2.12. The Bertz CT molecular complexity index is 498. The van der Waals surface area contributed by atoms with Crippen molar-refractivity contribution in [2.75, 3.05) is 20.2 Å². The second-order valence-corrected chi connectivity index (χ2v) is 5.51. The summed E-state index contributed by atoms with van der Waals surface area (Å²) in [5.74, 6) is 0.345. The monoisotopic (exact) mass is 258 g/mol. The minimum atomic E-state index is -3.56. The first kappa shape index (κ1) is 14.0. The Labute approximate surface area is 102 Å². The van der Waals surface area contributed by atoms with Gasteiger partial charge in [-0.3, -0.25) is 0 Å². The van der Waals surface area contributed by atoms with Gasteiger partial charge in [-0.25, -0.2) is 13.1 Å². The first-order valence-corrected chi connectivity index (χ1v) is 6.75. The molecule has 0 saturated carbocycles. The number of hydrogen-bond acceptors (Lipinski definition) is 4. The Morgan fingerprint density at radius 3 is 2.41 bits per heavy atom. The van der Waals surface area contributed by atoms with Crippen molar-refractivity contribution in [2.45, 2.75) is 18.7 Å². The molecule has 3 N–H and O–H groups in total. The summed E-state index contributed by atoms with van der Waals surface area (Å²) in [6, 6.07) is 3.32. The molecule has 0 aliphatic carbocycles. The average Bonchev–Trinajstić information content (AvgIpc) is 2.29. The molecule has 1 aromatic rings. The number of methoxy groups -OCH3 is 1. The van der Waals surface area contributed by atoms with Crippen LogP contribution in [0.25, 0.3) is 0 Å². The summed E-state index contributed by atoms with van der Waals surface area (Å²) in [6.45, 7) is 4.23. The van der Waals surface area contributed by atoms with Crippen molar-refractivity contribution >= 4 is 10.0 Å². The average molecular weight is 258 g/mol. The quantitative estimate of drug-likeness (QED) is 0.808. The van der Waals surface area contributed by atoms with Crippen LogP contribution in [0.2, 0.25) is 0 Å². The Kier molecular flexibility index (Phi) is 4.50. The summed E-state index contributed by atoms with van der Waals surface area (Å²) in [5, 5.41) is 0. The summed E-state index contributed by atoms with van der Waals surface area (Å²) in [6.07, 6.45) is 0. The molecule has 6 heteroatoms. The third kappa shape index (κ3) is 3.18. The first-order valence-electron chi connectivity index (χ1n) is 5.27. The predicted octanol–water partition coefficient (Wildman–Crippen LogP) is 0.549. The van der Waals surface area contributed by atoms with Gasteiger partial charge in [0, 0.05) is 13.1 Å². The maximum Gasteiger partial charge on any atom is 0.244 e. The third-order valence-corrected chi connectivity index (χ3v) is 3.99. The zero-order valence-corrected chi connectivity index (χ0v) is 11.1. The lowest BCUT2D eigenvalue weighted by atomic mass is 10.1. The predicted molar refractivity (Wildman–Crippen MR) is 66.7 cm³/mol. The van der Waals surface area contributed by atoms with Gasteiger partial charge in [-0.15, -0.1) is 0 Å². The van der Waals surface area contributed by atoms with Crippen LogP contribution in [0.1, 0.15) is 11.1 Å². The van der Waals surface area contributed by atoms with Crippen LogP contribution >= 0.6 is 0 Å². The zero-order valence-electron chi connectivity index (χ0n) is 10.3. The Morgan fingerprint density at radius 2 is 1.88 bits per heavy atom. The van der Waals surface area contributed by atoms with E-state index < -0.39 is 10.0 Å². The standard InChI is InChI=1S/C11H18N2O3S/c1-8-6-10(16-3)11(7-9(8)2)17(14,15)13-5-4-12/h6-7,13H,4-5,12H2,1-3H3. The van der Waals surface area contributed by atoms with E-state index in [0.717, 1.165) is 11.1 Å². The Morgan fingerprint density at radius 1 is 1.29 bits per heavy atom. The fourth-order valence-corrected chi connectivity index (χ4v) is 2.68. The van der Waals surface area contributed by atoms with Gasteiger partial charge >= 0.3 is 0 Å². The molecule has 0 spiro atoms. The van der Waals surface area contributed by atoms with E-state index >= 15 is 0 Å². The molecule has 17 heavy (non-hydrogen) atoms. The highest BCUT2D eigenvalue weighted by Crippen LogP contribution is 2.26. The Balaban J connectivity index is 3.25. The van der Waals surface area contributed by atoms with Crippen LogP contribution < -0.4 is 15.2 Å². The lowest BCUT2D eigenvalue weighted by molar-refractivity contribution is 0.402. The van der Waals surface area contributed by atoms with Crippen LogP contribution in [0.3, 0.4) is 0 Å². The van der Waals surface area contributed by atoms with Crippen LogP contribution in [-0.4, -0.2) is 28.6 Å². The van der Waals surface area contributed by atoms with E-state index in [4.69, 9.17) is 10.5 Å². The second-order valence-electron chi connectivity index (χ2n) is 3.77. The molecule has 1 aromatic carbocycles. The van der Waals surface area contributed by atoms with Crippen LogP contribution in [0.15, 0.2) is 17.0 Å². The molecule has 0 atom stereocenters. The number of benzene rings is 1. The fourth-order valence-electron chi connectivity index (χ4n) is 1.40. The number of sulfonamides is 1. The number of rotatable bonds is 5. The lowest BCUT2D eigenvalue weighted by Crippen LogP contribution is -2.29. The summed E-state index contributed by atoms with van der Waals surface area (Å²) in [5.41, 5.74) is 7.17. The molecule has 0 bridgehead atoms. The third-order valence-electron chi connectivity index (χ3n) is 2.51. The van der Waals surface area contributed by atoms with Gasteiger partial charge in [-0.05, 0) is 37.1 Å². The van der Waals surface area contributed by atoms with Crippen LogP contribution in [0.4, 0.5) is 0 Å². The topological polar surface area (TPSA) is 81.4 Å². The van der Waals surface area contributed by atoms with Gasteiger partial charge in [0.1, 0.15) is 10.6 Å². The van der Waals surface area contributed by atoms with Crippen molar-refractivity contribution < 1.29 is 13.2 Å². The summed E-state index contributed by atoms with van der Waals surface area (Å²) in [7, 11) is -2.11. The van der Waals surface area contributed by atoms with Crippen molar-refractivity contribution in [1.29, 1.82) is 0 Å². The van der Waals surface area contributed by atoms with Crippen molar-refractivity contribution in [3.63, 3.8) is 0 Å². The maximum atomic E-state index is 12.0. The molecule has 0 fully saturated rings. The molecule has 0 amide bonds. The van der Waals surface area contributed by atoms with Crippen LogP contribution in [0.5, 0.6) is 5.75 Å². The zero-order chi connectivity index (χ0) is 13.1. The molecule has 96 valence electrons. The molecule has 5 nitrogen and oxygen atoms in total. The van der Waals surface area contributed by atoms with E-state index in [0.29, 0.717) is 5.75 Å². The van der Waals surface area contributed by atoms with E-state index in [2.05, 4.69) is 4.72 Å². The maximum absolute atomic E-state index is 12.0. The largest absolute Gasteiger partial charge is 0.495 e.